The average molecular weight is 368 g/mol. The van der Waals surface area contributed by atoms with Gasteiger partial charge in [0.1, 0.15) is 0 Å². The van der Waals surface area contributed by atoms with Gasteiger partial charge in [0.25, 0.3) is 0 Å². The third kappa shape index (κ3) is 5.86. The molecule has 0 spiro atoms. The fourth-order valence-corrected chi connectivity index (χ4v) is 4.55. The van der Waals surface area contributed by atoms with Crippen LogP contribution in [0.3, 0.4) is 0 Å². The number of likely N-dealkylation sites (N-methyl/N-ethyl adjacent to an activating group) is 1. The van der Waals surface area contributed by atoms with Crippen molar-refractivity contribution in [3.63, 3.8) is 0 Å². The van der Waals surface area contributed by atoms with Crippen molar-refractivity contribution in [2.45, 2.75) is 71.8 Å². The van der Waals surface area contributed by atoms with Crippen LogP contribution in [0.1, 0.15) is 65.7 Å². The lowest BCUT2D eigenvalue weighted by molar-refractivity contribution is -0.139. The zero-order valence-electron chi connectivity index (χ0n) is 16.8. The summed E-state index contributed by atoms with van der Waals surface area (Å²) >= 11 is 0. The second-order valence-corrected chi connectivity index (χ2v) is 8.66. The van der Waals surface area contributed by atoms with E-state index in [0.717, 1.165) is 25.9 Å². The third-order valence-corrected chi connectivity index (χ3v) is 6.42. The van der Waals surface area contributed by atoms with Crippen LogP contribution < -0.4 is 5.32 Å². The predicted molar refractivity (Wildman–Crippen MR) is 103 cm³/mol. The standard InChI is InChI=1S/C20H37N3O3/c1-4-22(14-18(24)25)17-10-12-23(13-11-17)19(26)21-15-20(2,3)16-8-6-5-7-9-16/h16-17H,4-15H2,1-3H3,(H,21,26)(H,24,25). The largest absolute Gasteiger partial charge is 0.480 e. The summed E-state index contributed by atoms with van der Waals surface area (Å²) < 4.78 is 0. The van der Waals surface area contributed by atoms with E-state index in [2.05, 4.69) is 19.2 Å². The average Bonchev–Trinajstić information content (AvgIpc) is 2.65. The van der Waals surface area contributed by atoms with Crippen molar-refractivity contribution in [1.29, 1.82) is 0 Å². The Hall–Kier alpha value is -1.30. The molecule has 0 aromatic carbocycles. The number of amides is 2. The summed E-state index contributed by atoms with van der Waals surface area (Å²) in [5, 5.41) is 12.2. The first-order chi connectivity index (χ1) is 12.3. The minimum atomic E-state index is -0.781. The lowest BCUT2D eigenvalue weighted by Crippen LogP contribution is -2.51. The molecule has 0 radical (unpaired) electrons. The number of rotatable bonds is 7. The number of urea groups is 1. The number of likely N-dealkylation sites (tertiary alicyclic amines) is 1. The number of hydrogen-bond donors (Lipinski definition) is 2. The molecular formula is C20H37N3O3. The monoisotopic (exact) mass is 367 g/mol. The van der Waals surface area contributed by atoms with Crippen LogP contribution >= 0.6 is 0 Å². The molecule has 0 aromatic heterocycles. The van der Waals surface area contributed by atoms with E-state index in [1.54, 1.807) is 0 Å². The number of nitrogens with one attached hydrogen (secondary N) is 1. The van der Waals surface area contributed by atoms with E-state index in [4.69, 9.17) is 5.11 Å². The van der Waals surface area contributed by atoms with Crippen LogP contribution in [0.5, 0.6) is 0 Å². The van der Waals surface area contributed by atoms with E-state index in [-0.39, 0.29) is 24.0 Å². The molecule has 26 heavy (non-hydrogen) atoms. The van der Waals surface area contributed by atoms with Gasteiger partial charge in [-0.05, 0) is 43.6 Å². The second-order valence-electron chi connectivity index (χ2n) is 8.66. The molecule has 1 aliphatic heterocycles. The van der Waals surface area contributed by atoms with Crippen LogP contribution in [0.2, 0.25) is 0 Å². The van der Waals surface area contributed by atoms with E-state index < -0.39 is 5.97 Å². The van der Waals surface area contributed by atoms with Gasteiger partial charge in [0.2, 0.25) is 0 Å². The Kier molecular flexibility index (Phi) is 7.74. The summed E-state index contributed by atoms with van der Waals surface area (Å²) in [6.07, 6.45) is 8.25. The lowest BCUT2D eigenvalue weighted by atomic mass is 9.71. The Bertz CT molecular complexity index is 467. The van der Waals surface area contributed by atoms with Crippen LogP contribution in [0.25, 0.3) is 0 Å². The van der Waals surface area contributed by atoms with Gasteiger partial charge in [-0.25, -0.2) is 4.79 Å². The van der Waals surface area contributed by atoms with Crippen LogP contribution in [0.15, 0.2) is 0 Å². The number of nitrogens with zero attached hydrogens (tertiary/aromatic N) is 2. The number of hydrogen-bond acceptors (Lipinski definition) is 3. The zero-order valence-corrected chi connectivity index (χ0v) is 16.8. The van der Waals surface area contributed by atoms with Gasteiger partial charge in [0.05, 0.1) is 6.54 Å². The molecule has 2 aliphatic rings. The van der Waals surface area contributed by atoms with E-state index in [0.29, 0.717) is 19.0 Å². The number of carboxylic acid groups (broad SMARTS) is 1. The van der Waals surface area contributed by atoms with Crippen molar-refractivity contribution in [2.75, 3.05) is 32.7 Å². The van der Waals surface area contributed by atoms with Crippen LogP contribution in [0, 0.1) is 11.3 Å². The summed E-state index contributed by atoms with van der Waals surface area (Å²) in [6, 6.07) is 0.299. The first-order valence-electron chi connectivity index (χ1n) is 10.3. The van der Waals surface area contributed by atoms with Crippen molar-refractivity contribution < 1.29 is 14.7 Å². The van der Waals surface area contributed by atoms with Gasteiger partial charge in [-0.2, -0.15) is 0 Å². The normalized spacial score (nSPS) is 20.4. The van der Waals surface area contributed by atoms with Crippen molar-refractivity contribution in [1.82, 2.24) is 15.1 Å². The molecule has 2 rings (SSSR count). The van der Waals surface area contributed by atoms with Gasteiger partial charge in [0.15, 0.2) is 0 Å². The molecule has 2 amide bonds. The molecule has 0 aromatic rings. The van der Waals surface area contributed by atoms with Gasteiger partial charge in [0, 0.05) is 25.7 Å². The number of aliphatic carboxylic acids is 1. The molecule has 150 valence electrons. The predicted octanol–water partition coefficient (Wildman–Crippen LogP) is 3.17. The maximum Gasteiger partial charge on any atom is 0.317 e. The number of carboxylic acids is 1. The fraction of sp³-hybridized carbons (Fsp3) is 0.900. The van der Waals surface area contributed by atoms with E-state index >= 15 is 0 Å². The van der Waals surface area contributed by atoms with Gasteiger partial charge in [-0.1, -0.05) is 40.0 Å². The van der Waals surface area contributed by atoms with Crippen molar-refractivity contribution in [3.8, 4) is 0 Å². The number of carbonyl (C=O) groups excluding carboxylic acids is 1. The van der Waals surface area contributed by atoms with E-state index in [1.807, 2.05) is 16.7 Å². The molecule has 2 N–H and O–H groups in total. The highest BCUT2D eigenvalue weighted by Crippen LogP contribution is 2.37. The molecule has 0 unspecified atom stereocenters. The zero-order chi connectivity index (χ0) is 19.2. The molecule has 6 nitrogen and oxygen atoms in total. The summed E-state index contributed by atoms with van der Waals surface area (Å²) in [7, 11) is 0. The molecule has 1 aliphatic carbocycles. The van der Waals surface area contributed by atoms with Crippen molar-refractivity contribution >= 4 is 12.0 Å². The molecule has 1 saturated heterocycles. The van der Waals surface area contributed by atoms with Gasteiger partial charge in [-0.15, -0.1) is 0 Å². The molecule has 6 heteroatoms. The molecular weight excluding hydrogens is 330 g/mol. The topological polar surface area (TPSA) is 72.9 Å². The molecule has 0 bridgehead atoms. The SMILES string of the molecule is CCN(CC(=O)O)C1CCN(C(=O)NCC(C)(C)C2CCCCC2)CC1. The van der Waals surface area contributed by atoms with Crippen LogP contribution in [-0.2, 0) is 4.79 Å². The Morgan fingerprint density at radius 2 is 1.73 bits per heavy atom. The first-order valence-corrected chi connectivity index (χ1v) is 10.3. The smallest absolute Gasteiger partial charge is 0.317 e. The Morgan fingerprint density at radius 3 is 2.27 bits per heavy atom. The van der Waals surface area contributed by atoms with Gasteiger partial charge >= 0.3 is 12.0 Å². The highest BCUT2D eigenvalue weighted by atomic mass is 16.4. The summed E-state index contributed by atoms with van der Waals surface area (Å²) in [5.41, 5.74) is 0.148. The van der Waals surface area contributed by atoms with E-state index in [9.17, 15) is 9.59 Å². The highest BCUT2D eigenvalue weighted by molar-refractivity contribution is 5.74. The highest BCUT2D eigenvalue weighted by Gasteiger charge is 2.32. The van der Waals surface area contributed by atoms with Crippen LogP contribution in [-0.4, -0.2) is 65.7 Å². The molecule has 1 saturated carbocycles. The summed E-state index contributed by atoms with van der Waals surface area (Å²) in [6.45, 7) is 9.52. The maximum atomic E-state index is 12.6. The fourth-order valence-electron chi connectivity index (χ4n) is 4.55. The Balaban J connectivity index is 1.76. The lowest BCUT2D eigenvalue weighted by Gasteiger charge is -2.39. The minimum absolute atomic E-state index is 0.0358. The minimum Gasteiger partial charge on any atom is -0.480 e. The molecule has 2 fully saturated rings. The Morgan fingerprint density at radius 1 is 1.12 bits per heavy atom. The first kappa shape index (κ1) is 21.0. The Labute approximate surface area is 158 Å². The maximum absolute atomic E-state index is 12.6. The quantitative estimate of drug-likeness (QED) is 0.725. The summed E-state index contributed by atoms with van der Waals surface area (Å²) in [5.74, 6) is -0.0756. The van der Waals surface area contributed by atoms with Gasteiger partial charge < -0.3 is 15.3 Å². The van der Waals surface area contributed by atoms with Gasteiger partial charge in [-0.3, -0.25) is 9.69 Å². The van der Waals surface area contributed by atoms with E-state index in [1.165, 1.54) is 32.1 Å². The second kappa shape index (κ2) is 9.58. The number of carbonyl (C=O) groups is 2. The van der Waals surface area contributed by atoms with Crippen molar-refractivity contribution in [3.05, 3.63) is 0 Å². The third-order valence-electron chi connectivity index (χ3n) is 6.42. The molecule has 1 heterocycles. The number of piperidine rings is 1. The molecule has 0 atom stereocenters. The summed E-state index contributed by atoms with van der Waals surface area (Å²) in [4.78, 5) is 27.4. The van der Waals surface area contributed by atoms with Crippen LogP contribution in [0.4, 0.5) is 4.79 Å². The van der Waals surface area contributed by atoms with Crippen molar-refractivity contribution in [2.24, 2.45) is 11.3 Å².